The Labute approximate surface area is 94.2 Å². The van der Waals surface area contributed by atoms with E-state index >= 15 is 0 Å². The Morgan fingerprint density at radius 1 is 1.64 bits per heavy atom. The van der Waals surface area contributed by atoms with Crippen molar-refractivity contribution in [3.8, 4) is 0 Å². The van der Waals surface area contributed by atoms with Crippen molar-refractivity contribution < 1.29 is 0 Å². The second-order valence-corrected chi connectivity index (χ2v) is 4.61. The van der Waals surface area contributed by atoms with Crippen LogP contribution in [0.1, 0.15) is 19.7 Å². The second-order valence-electron chi connectivity index (χ2n) is 3.27. The standard InChI is InChI=1S/C9H16ClN3S/c1-3-13-9(11-7-12-13)6-14-5-8(2)4-10/h7-8H,3-6H2,1-2H3. The third-order valence-corrected chi connectivity index (χ3v) is 3.69. The molecule has 0 N–H and O–H groups in total. The summed E-state index contributed by atoms with van der Waals surface area (Å²) in [5.74, 6) is 4.36. The van der Waals surface area contributed by atoms with Crippen LogP contribution >= 0.6 is 23.4 Å². The first-order chi connectivity index (χ1) is 6.77. The van der Waals surface area contributed by atoms with E-state index in [1.54, 1.807) is 6.33 Å². The average molecular weight is 234 g/mol. The van der Waals surface area contributed by atoms with Crippen LogP contribution in [0.25, 0.3) is 0 Å². The van der Waals surface area contributed by atoms with E-state index in [0.29, 0.717) is 5.92 Å². The van der Waals surface area contributed by atoms with Gasteiger partial charge < -0.3 is 0 Å². The molecular formula is C9H16ClN3S. The lowest BCUT2D eigenvalue weighted by Crippen LogP contribution is -2.04. The summed E-state index contributed by atoms with van der Waals surface area (Å²) in [6.45, 7) is 5.12. The van der Waals surface area contributed by atoms with E-state index in [9.17, 15) is 0 Å². The molecule has 0 amide bonds. The Morgan fingerprint density at radius 2 is 2.43 bits per heavy atom. The summed E-state index contributed by atoms with van der Waals surface area (Å²) in [6, 6.07) is 0. The highest BCUT2D eigenvalue weighted by Crippen LogP contribution is 2.14. The van der Waals surface area contributed by atoms with Crippen molar-refractivity contribution in [2.24, 2.45) is 5.92 Å². The van der Waals surface area contributed by atoms with E-state index in [1.807, 2.05) is 16.4 Å². The molecule has 0 aliphatic carbocycles. The van der Waals surface area contributed by atoms with Crippen LogP contribution in [0.5, 0.6) is 0 Å². The number of hydrogen-bond donors (Lipinski definition) is 0. The molecule has 0 saturated heterocycles. The van der Waals surface area contributed by atoms with Crippen molar-refractivity contribution in [2.45, 2.75) is 26.1 Å². The van der Waals surface area contributed by atoms with E-state index in [4.69, 9.17) is 11.6 Å². The highest BCUT2D eigenvalue weighted by atomic mass is 35.5. The van der Waals surface area contributed by atoms with Crippen LogP contribution in [-0.2, 0) is 12.3 Å². The second kappa shape index (κ2) is 6.30. The fourth-order valence-electron chi connectivity index (χ4n) is 1.06. The number of aromatic nitrogens is 3. The third kappa shape index (κ3) is 3.50. The molecule has 0 aliphatic rings. The SMILES string of the molecule is CCn1ncnc1CSCC(C)CCl. The van der Waals surface area contributed by atoms with Gasteiger partial charge in [0.1, 0.15) is 12.2 Å². The lowest BCUT2D eigenvalue weighted by Gasteiger charge is -2.06. The van der Waals surface area contributed by atoms with Crippen molar-refractivity contribution in [2.75, 3.05) is 11.6 Å². The van der Waals surface area contributed by atoms with Crippen molar-refractivity contribution in [3.63, 3.8) is 0 Å². The minimum absolute atomic E-state index is 0.569. The molecule has 0 saturated carbocycles. The van der Waals surface area contributed by atoms with Gasteiger partial charge in [-0.2, -0.15) is 16.9 Å². The molecule has 1 rings (SSSR count). The van der Waals surface area contributed by atoms with Gasteiger partial charge in [0, 0.05) is 12.4 Å². The predicted octanol–water partition coefficient (Wildman–Crippen LogP) is 2.41. The molecule has 1 unspecified atom stereocenters. The molecule has 0 aromatic carbocycles. The zero-order valence-electron chi connectivity index (χ0n) is 8.61. The van der Waals surface area contributed by atoms with Gasteiger partial charge in [0.2, 0.25) is 0 Å². The monoisotopic (exact) mass is 233 g/mol. The fourth-order valence-corrected chi connectivity index (χ4v) is 2.34. The molecule has 5 heteroatoms. The van der Waals surface area contributed by atoms with Gasteiger partial charge in [-0.1, -0.05) is 6.92 Å². The van der Waals surface area contributed by atoms with Crippen LogP contribution in [0.3, 0.4) is 0 Å². The van der Waals surface area contributed by atoms with E-state index in [1.165, 1.54) is 0 Å². The molecule has 3 nitrogen and oxygen atoms in total. The molecule has 0 aliphatic heterocycles. The smallest absolute Gasteiger partial charge is 0.138 e. The van der Waals surface area contributed by atoms with Crippen molar-refractivity contribution >= 4 is 23.4 Å². The van der Waals surface area contributed by atoms with Crippen LogP contribution in [0.2, 0.25) is 0 Å². The summed E-state index contributed by atoms with van der Waals surface area (Å²) < 4.78 is 1.93. The first kappa shape index (κ1) is 11.9. The Kier molecular flexibility index (Phi) is 5.33. The summed E-state index contributed by atoms with van der Waals surface area (Å²) in [6.07, 6.45) is 1.62. The molecule has 1 aromatic heterocycles. The lowest BCUT2D eigenvalue weighted by atomic mass is 10.3. The summed E-state index contributed by atoms with van der Waals surface area (Å²) in [4.78, 5) is 4.21. The van der Waals surface area contributed by atoms with Crippen LogP contribution in [0.15, 0.2) is 6.33 Å². The highest BCUT2D eigenvalue weighted by Gasteiger charge is 2.04. The molecule has 0 spiro atoms. The van der Waals surface area contributed by atoms with Crippen LogP contribution in [0, 0.1) is 5.92 Å². The number of alkyl halides is 1. The van der Waals surface area contributed by atoms with E-state index in [0.717, 1.165) is 29.8 Å². The van der Waals surface area contributed by atoms with Gasteiger partial charge in [-0.3, -0.25) is 0 Å². The van der Waals surface area contributed by atoms with Crippen LogP contribution in [-0.4, -0.2) is 26.4 Å². The van der Waals surface area contributed by atoms with Crippen LogP contribution in [0.4, 0.5) is 0 Å². The summed E-state index contributed by atoms with van der Waals surface area (Å²) in [7, 11) is 0. The van der Waals surface area contributed by atoms with E-state index < -0.39 is 0 Å². The summed E-state index contributed by atoms with van der Waals surface area (Å²) >= 11 is 7.59. The molecule has 1 aromatic rings. The minimum Gasteiger partial charge on any atom is -0.250 e. The molecule has 80 valence electrons. The topological polar surface area (TPSA) is 30.7 Å². The molecule has 0 fully saturated rings. The van der Waals surface area contributed by atoms with E-state index in [2.05, 4.69) is 23.9 Å². The van der Waals surface area contributed by atoms with Gasteiger partial charge in [0.25, 0.3) is 0 Å². The summed E-state index contributed by atoms with van der Waals surface area (Å²) in [5, 5.41) is 4.12. The predicted molar refractivity (Wildman–Crippen MR) is 61.7 cm³/mol. The highest BCUT2D eigenvalue weighted by molar-refractivity contribution is 7.98. The zero-order valence-corrected chi connectivity index (χ0v) is 10.2. The number of halogens is 1. The van der Waals surface area contributed by atoms with Crippen molar-refractivity contribution in [1.82, 2.24) is 14.8 Å². The zero-order chi connectivity index (χ0) is 10.4. The number of aryl methyl sites for hydroxylation is 1. The lowest BCUT2D eigenvalue weighted by molar-refractivity contribution is 0.632. The van der Waals surface area contributed by atoms with Gasteiger partial charge in [-0.15, -0.1) is 11.6 Å². The van der Waals surface area contributed by atoms with E-state index in [-0.39, 0.29) is 0 Å². The first-order valence-electron chi connectivity index (χ1n) is 4.78. The Bertz CT molecular complexity index is 264. The maximum atomic E-state index is 5.72. The largest absolute Gasteiger partial charge is 0.250 e. The summed E-state index contributed by atoms with van der Waals surface area (Å²) in [5.41, 5.74) is 0. The first-order valence-corrected chi connectivity index (χ1v) is 6.47. The molecule has 1 atom stereocenters. The average Bonchev–Trinajstić information content (AvgIpc) is 2.65. The van der Waals surface area contributed by atoms with Crippen molar-refractivity contribution in [3.05, 3.63) is 12.2 Å². The number of thioether (sulfide) groups is 1. The number of rotatable bonds is 6. The van der Waals surface area contributed by atoms with Gasteiger partial charge in [-0.25, -0.2) is 9.67 Å². The Morgan fingerprint density at radius 3 is 3.07 bits per heavy atom. The maximum Gasteiger partial charge on any atom is 0.138 e. The molecule has 0 bridgehead atoms. The maximum absolute atomic E-state index is 5.72. The molecule has 1 heterocycles. The number of nitrogens with zero attached hydrogens (tertiary/aromatic N) is 3. The van der Waals surface area contributed by atoms with Gasteiger partial charge >= 0.3 is 0 Å². The van der Waals surface area contributed by atoms with Gasteiger partial charge in [-0.05, 0) is 18.6 Å². The molecule has 0 radical (unpaired) electrons. The molecule has 14 heavy (non-hydrogen) atoms. The molecular weight excluding hydrogens is 218 g/mol. The van der Waals surface area contributed by atoms with Crippen molar-refractivity contribution in [1.29, 1.82) is 0 Å². The normalized spacial score (nSPS) is 13.1. The van der Waals surface area contributed by atoms with Crippen LogP contribution < -0.4 is 0 Å². The third-order valence-electron chi connectivity index (χ3n) is 1.89. The Balaban J connectivity index is 2.31. The Hall–Kier alpha value is -0.220. The van der Waals surface area contributed by atoms with Gasteiger partial charge in [0.05, 0.1) is 5.75 Å². The van der Waals surface area contributed by atoms with Gasteiger partial charge in [0.15, 0.2) is 0 Å². The number of hydrogen-bond acceptors (Lipinski definition) is 3. The minimum atomic E-state index is 0.569. The fraction of sp³-hybridized carbons (Fsp3) is 0.778. The quantitative estimate of drug-likeness (QED) is 0.707.